The van der Waals surface area contributed by atoms with Crippen LogP contribution in [-0.2, 0) is 0 Å². The Morgan fingerprint density at radius 3 is 2.71 bits per heavy atom. The number of aromatic hydroxyl groups is 1. The Labute approximate surface area is 150 Å². The van der Waals surface area contributed by atoms with Crippen LogP contribution in [0.1, 0.15) is 11.4 Å². The Balaban J connectivity index is 1.82. The summed E-state index contributed by atoms with van der Waals surface area (Å²) in [7, 11) is 0. The second-order valence-corrected chi connectivity index (χ2v) is 6.81. The summed E-state index contributed by atoms with van der Waals surface area (Å²) in [6.45, 7) is 0. The van der Waals surface area contributed by atoms with Gasteiger partial charge in [-0.3, -0.25) is 4.40 Å². The minimum Gasteiger partial charge on any atom is -0.479 e. The molecule has 0 bridgehead atoms. The van der Waals surface area contributed by atoms with Crippen molar-refractivity contribution in [3.05, 3.63) is 64.0 Å². The number of rotatable bonds is 3. The van der Waals surface area contributed by atoms with E-state index in [9.17, 15) is 5.11 Å². The number of imidazole rings is 1. The van der Waals surface area contributed by atoms with Crippen LogP contribution in [0.5, 0.6) is 6.01 Å². The van der Waals surface area contributed by atoms with Gasteiger partial charge in [-0.05, 0) is 30.4 Å². The number of fused-ring (bicyclic) bond motifs is 1. The zero-order valence-corrected chi connectivity index (χ0v) is 14.7. The van der Waals surface area contributed by atoms with Gasteiger partial charge in [-0.25, -0.2) is 9.97 Å². The Kier molecular flexibility index (Phi) is 3.87. The molecule has 0 amide bonds. The van der Waals surface area contributed by atoms with Crippen molar-refractivity contribution < 1.29 is 5.11 Å². The molecule has 5 nitrogen and oxygen atoms in total. The summed E-state index contributed by atoms with van der Waals surface area (Å²) in [4.78, 5) is 13.3. The molecule has 0 unspecified atom stereocenters. The Bertz CT molecular complexity index is 1040. The molecule has 7 heteroatoms. The molecule has 0 aliphatic heterocycles. The van der Waals surface area contributed by atoms with E-state index in [0.717, 1.165) is 26.4 Å². The number of hydrogen-bond donors (Lipinski definition) is 1. The zero-order chi connectivity index (χ0) is 16.5. The van der Waals surface area contributed by atoms with E-state index < -0.39 is 0 Å². The molecule has 3 heterocycles. The van der Waals surface area contributed by atoms with E-state index in [0.29, 0.717) is 5.69 Å². The fourth-order valence-electron chi connectivity index (χ4n) is 2.40. The lowest BCUT2D eigenvalue weighted by Gasteiger charge is -2.01. The van der Waals surface area contributed by atoms with Gasteiger partial charge in [-0.1, -0.05) is 28.1 Å². The number of thiazole rings is 1. The van der Waals surface area contributed by atoms with E-state index in [4.69, 9.17) is 4.98 Å². The lowest BCUT2D eigenvalue weighted by atomic mass is 10.1. The molecule has 0 saturated carbocycles. The van der Waals surface area contributed by atoms with Crippen LogP contribution >= 0.6 is 27.3 Å². The average Bonchev–Trinajstić information content (AvgIpc) is 3.15. The maximum absolute atomic E-state index is 9.39. The van der Waals surface area contributed by atoms with Crippen LogP contribution in [0.3, 0.4) is 0 Å². The third-order valence-electron chi connectivity index (χ3n) is 3.49. The van der Waals surface area contributed by atoms with Gasteiger partial charge < -0.3 is 5.11 Å². The van der Waals surface area contributed by atoms with Gasteiger partial charge in [0.25, 0.3) is 0 Å². The highest BCUT2D eigenvalue weighted by Gasteiger charge is 2.12. The van der Waals surface area contributed by atoms with Crippen LogP contribution in [0.25, 0.3) is 28.4 Å². The summed E-state index contributed by atoms with van der Waals surface area (Å²) in [6.07, 6.45) is 7.30. The molecular weight excluding hydrogens is 388 g/mol. The number of aromatic nitrogens is 4. The molecule has 4 aromatic rings. The van der Waals surface area contributed by atoms with E-state index >= 15 is 0 Å². The quantitative estimate of drug-likeness (QED) is 0.551. The van der Waals surface area contributed by atoms with Gasteiger partial charge in [-0.15, -0.1) is 11.3 Å². The van der Waals surface area contributed by atoms with Crippen LogP contribution in [0, 0.1) is 0 Å². The van der Waals surface area contributed by atoms with Crippen LogP contribution in [0.15, 0.2) is 52.6 Å². The van der Waals surface area contributed by atoms with Gasteiger partial charge in [0.2, 0.25) is 0 Å². The van der Waals surface area contributed by atoms with Crippen LogP contribution < -0.4 is 0 Å². The summed E-state index contributed by atoms with van der Waals surface area (Å²) in [5.41, 5.74) is 3.55. The van der Waals surface area contributed by atoms with Crippen molar-refractivity contribution in [2.45, 2.75) is 0 Å². The molecule has 118 valence electrons. The zero-order valence-electron chi connectivity index (χ0n) is 12.3. The summed E-state index contributed by atoms with van der Waals surface area (Å²) in [5.74, 6) is 0. The predicted octanol–water partition coefficient (Wildman–Crippen LogP) is 4.49. The van der Waals surface area contributed by atoms with Crippen molar-refractivity contribution in [1.82, 2.24) is 19.4 Å². The van der Waals surface area contributed by atoms with Gasteiger partial charge in [0, 0.05) is 27.8 Å². The van der Waals surface area contributed by atoms with Gasteiger partial charge in [-0.2, -0.15) is 4.98 Å². The predicted molar refractivity (Wildman–Crippen MR) is 98.8 cm³/mol. The summed E-state index contributed by atoms with van der Waals surface area (Å²) in [6, 6.07) is 9.56. The molecule has 0 aliphatic carbocycles. The summed E-state index contributed by atoms with van der Waals surface area (Å²) in [5, 5.41) is 11.4. The third-order valence-corrected chi connectivity index (χ3v) is 4.78. The summed E-state index contributed by atoms with van der Waals surface area (Å²) >= 11 is 5.04. The topological polar surface area (TPSA) is 63.3 Å². The van der Waals surface area contributed by atoms with Crippen molar-refractivity contribution in [1.29, 1.82) is 0 Å². The Morgan fingerprint density at radius 2 is 1.92 bits per heavy atom. The molecule has 0 atom stereocenters. The Hall–Kier alpha value is -2.51. The highest BCUT2D eigenvalue weighted by Crippen LogP contribution is 2.29. The molecule has 0 spiro atoms. The smallest absolute Gasteiger partial charge is 0.314 e. The first-order valence-corrected chi connectivity index (χ1v) is 8.79. The van der Waals surface area contributed by atoms with E-state index in [2.05, 4.69) is 25.9 Å². The second-order valence-electron chi connectivity index (χ2n) is 5.02. The van der Waals surface area contributed by atoms with Crippen LogP contribution in [0.4, 0.5) is 0 Å². The summed E-state index contributed by atoms with van der Waals surface area (Å²) < 4.78 is 3.07. The molecular formula is C17H11BrN4OS. The molecule has 1 N–H and O–H groups in total. The first-order valence-electron chi connectivity index (χ1n) is 7.12. The molecule has 0 saturated heterocycles. The average molecular weight is 399 g/mol. The van der Waals surface area contributed by atoms with Gasteiger partial charge >= 0.3 is 6.01 Å². The van der Waals surface area contributed by atoms with Gasteiger partial charge in [0.05, 0.1) is 17.1 Å². The van der Waals surface area contributed by atoms with Crippen molar-refractivity contribution in [3.8, 4) is 17.3 Å². The van der Waals surface area contributed by atoms with E-state index in [1.807, 2.05) is 52.4 Å². The van der Waals surface area contributed by atoms with Crippen molar-refractivity contribution in [3.63, 3.8) is 0 Å². The normalized spacial score (nSPS) is 11.5. The SMILES string of the molecule is Oc1nccc(C=Cc2c(-c3ccc(Br)cc3)nc3sccn23)n1. The largest absolute Gasteiger partial charge is 0.479 e. The van der Waals surface area contributed by atoms with E-state index in [-0.39, 0.29) is 6.01 Å². The van der Waals surface area contributed by atoms with Crippen molar-refractivity contribution in [2.24, 2.45) is 0 Å². The lowest BCUT2D eigenvalue weighted by Crippen LogP contribution is -1.87. The number of halogens is 1. The minimum atomic E-state index is -0.237. The lowest BCUT2D eigenvalue weighted by molar-refractivity contribution is 0.430. The number of hydrogen-bond acceptors (Lipinski definition) is 5. The third kappa shape index (κ3) is 2.83. The fourth-order valence-corrected chi connectivity index (χ4v) is 3.39. The molecule has 4 rings (SSSR count). The van der Waals surface area contributed by atoms with Crippen molar-refractivity contribution in [2.75, 3.05) is 0 Å². The minimum absolute atomic E-state index is 0.237. The molecule has 0 aliphatic rings. The second kappa shape index (κ2) is 6.18. The molecule has 1 aromatic carbocycles. The maximum Gasteiger partial charge on any atom is 0.314 e. The Morgan fingerprint density at radius 1 is 1.08 bits per heavy atom. The molecule has 0 fully saturated rings. The highest BCUT2D eigenvalue weighted by atomic mass is 79.9. The number of nitrogens with zero attached hydrogens (tertiary/aromatic N) is 4. The molecule has 0 radical (unpaired) electrons. The van der Waals surface area contributed by atoms with Gasteiger partial charge in [0.1, 0.15) is 0 Å². The number of benzene rings is 1. The first-order chi connectivity index (χ1) is 11.7. The van der Waals surface area contributed by atoms with Crippen molar-refractivity contribution >= 4 is 44.4 Å². The first kappa shape index (κ1) is 15.0. The van der Waals surface area contributed by atoms with E-state index in [1.165, 1.54) is 6.20 Å². The van der Waals surface area contributed by atoms with E-state index in [1.54, 1.807) is 17.4 Å². The maximum atomic E-state index is 9.39. The fraction of sp³-hybridized carbons (Fsp3) is 0. The molecule has 3 aromatic heterocycles. The van der Waals surface area contributed by atoms with Crippen LogP contribution in [-0.4, -0.2) is 24.5 Å². The monoisotopic (exact) mass is 398 g/mol. The highest BCUT2D eigenvalue weighted by molar-refractivity contribution is 9.10. The van der Waals surface area contributed by atoms with Gasteiger partial charge in [0.15, 0.2) is 4.96 Å². The molecule has 24 heavy (non-hydrogen) atoms. The van der Waals surface area contributed by atoms with Crippen LogP contribution in [0.2, 0.25) is 0 Å². The standard InChI is InChI=1S/C17H11BrN4OS/c18-12-3-1-11(2-4-12)15-14(22-9-10-24-17(22)21-15)6-5-13-7-8-19-16(23)20-13/h1-10H,(H,19,20,23).